The Balaban J connectivity index is 0.000000399. The molecule has 0 saturated carbocycles. The van der Waals surface area contributed by atoms with Gasteiger partial charge in [0.05, 0.1) is 25.7 Å². The van der Waals surface area contributed by atoms with Crippen molar-refractivity contribution in [1.82, 2.24) is 21.1 Å². The molecule has 0 radical (unpaired) electrons. The smallest absolute Gasteiger partial charge is 0.339 e. The van der Waals surface area contributed by atoms with Gasteiger partial charge in [0, 0.05) is 17.2 Å². The van der Waals surface area contributed by atoms with Crippen molar-refractivity contribution >= 4 is 45.9 Å². The lowest BCUT2D eigenvalue weighted by Gasteiger charge is -2.30. The number of imide groups is 1. The van der Waals surface area contributed by atoms with Crippen molar-refractivity contribution < 1.29 is 29.4 Å². The van der Waals surface area contributed by atoms with Gasteiger partial charge in [0.25, 0.3) is 5.91 Å². The Kier molecular flexibility index (Phi) is 10.6. The number of benzene rings is 1. The largest absolute Gasteiger partial charge is 0.394 e. The Bertz CT molecular complexity index is 772. The molecule has 31 heavy (non-hydrogen) atoms. The Labute approximate surface area is 188 Å². The molecule has 1 saturated heterocycles. The number of urea groups is 1. The van der Waals surface area contributed by atoms with Crippen LogP contribution < -0.4 is 21.4 Å². The third-order valence-corrected chi connectivity index (χ3v) is 5.17. The molecule has 1 unspecified atom stereocenters. The zero-order valence-electron chi connectivity index (χ0n) is 17.5. The summed E-state index contributed by atoms with van der Waals surface area (Å²) in [6.45, 7) is 2.61. The predicted molar refractivity (Wildman–Crippen MR) is 117 cm³/mol. The van der Waals surface area contributed by atoms with Crippen LogP contribution in [0.5, 0.6) is 0 Å². The minimum Gasteiger partial charge on any atom is -0.394 e. The van der Waals surface area contributed by atoms with Crippen molar-refractivity contribution in [3.63, 3.8) is 0 Å². The molecule has 1 heterocycles. The SMILES string of the molecule is CNN1C(=O)NC(CC(=O)NC(CO)CO)(C(C)C)C1=O.O=CNc1ccc(Br)cc1. The standard InChI is InChI=1S/C12H22N4O5.C7H6BrNO/c1-7(2)12(4-9(19)14-8(5-17)6-18)10(20)16(13-3)11(21)15-12;8-6-1-3-7(4-2-6)9-5-10/h7-8,13,17-18H,4-6H2,1-3H3,(H,14,19)(H,15,21);1-5H,(H,9,10). The first-order valence-corrected chi connectivity index (χ1v) is 10.2. The number of rotatable bonds is 9. The first kappa shape index (κ1) is 26.5. The van der Waals surface area contributed by atoms with Crippen LogP contribution in [0.15, 0.2) is 28.7 Å². The highest BCUT2D eigenvalue weighted by molar-refractivity contribution is 9.10. The Morgan fingerprint density at radius 2 is 1.81 bits per heavy atom. The lowest BCUT2D eigenvalue weighted by atomic mass is 9.83. The van der Waals surface area contributed by atoms with Gasteiger partial charge in [0.15, 0.2) is 0 Å². The average molecular weight is 502 g/mol. The van der Waals surface area contributed by atoms with Crippen LogP contribution in [0, 0.1) is 5.92 Å². The summed E-state index contributed by atoms with van der Waals surface area (Å²) in [6, 6.07) is 5.95. The van der Waals surface area contributed by atoms with Gasteiger partial charge in [-0.1, -0.05) is 29.8 Å². The molecule has 12 heteroatoms. The van der Waals surface area contributed by atoms with E-state index in [-0.39, 0.29) is 12.3 Å². The van der Waals surface area contributed by atoms with E-state index >= 15 is 0 Å². The molecule has 0 bridgehead atoms. The highest BCUT2D eigenvalue weighted by atomic mass is 79.9. The van der Waals surface area contributed by atoms with Gasteiger partial charge in [0.2, 0.25) is 12.3 Å². The van der Waals surface area contributed by atoms with E-state index in [4.69, 9.17) is 10.2 Å². The van der Waals surface area contributed by atoms with Gasteiger partial charge in [-0.3, -0.25) is 14.4 Å². The summed E-state index contributed by atoms with van der Waals surface area (Å²) >= 11 is 3.28. The molecule has 1 aliphatic heterocycles. The Morgan fingerprint density at radius 1 is 1.23 bits per heavy atom. The van der Waals surface area contributed by atoms with E-state index in [2.05, 4.69) is 37.3 Å². The second-order valence-electron chi connectivity index (χ2n) is 7.00. The molecule has 1 fully saturated rings. The number of carbonyl (C=O) groups is 4. The molecule has 5 amide bonds. The van der Waals surface area contributed by atoms with E-state index in [1.807, 2.05) is 24.3 Å². The monoisotopic (exact) mass is 501 g/mol. The highest BCUT2D eigenvalue weighted by Crippen LogP contribution is 2.28. The van der Waals surface area contributed by atoms with Crippen molar-refractivity contribution in [2.75, 3.05) is 25.6 Å². The van der Waals surface area contributed by atoms with Gasteiger partial charge >= 0.3 is 6.03 Å². The Morgan fingerprint density at radius 3 is 2.23 bits per heavy atom. The van der Waals surface area contributed by atoms with Crippen molar-refractivity contribution in [2.45, 2.75) is 31.8 Å². The van der Waals surface area contributed by atoms with Crippen LogP contribution in [-0.4, -0.2) is 71.3 Å². The van der Waals surface area contributed by atoms with E-state index in [1.165, 1.54) is 7.05 Å². The number of nitrogens with zero attached hydrogens (tertiary/aromatic N) is 1. The number of amides is 5. The molecule has 1 aliphatic rings. The van der Waals surface area contributed by atoms with Crippen LogP contribution >= 0.6 is 15.9 Å². The van der Waals surface area contributed by atoms with Crippen LogP contribution in [0.2, 0.25) is 0 Å². The average Bonchev–Trinajstić information content (AvgIpc) is 2.98. The molecule has 2 rings (SSSR count). The summed E-state index contributed by atoms with van der Waals surface area (Å²) in [6.07, 6.45) is 0.382. The number of aliphatic hydroxyl groups excluding tert-OH is 2. The molecule has 6 N–H and O–H groups in total. The zero-order valence-corrected chi connectivity index (χ0v) is 19.1. The minimum atomic E-state index is -1.35. The van der Waals surface area contributed by atoms with E-state index < -0.39 is 42.6 Å². The quantitative estimate of drug-likeness (QED) is 0.204. The normalized spacial score (nSPS) is 17.9. The molecule has 11 nitrogen and oxygen atoms in total. The molecule has 0 aromatic heterocycles. The molecule has 0 spiro atoms. The van der Waals surface area contributed by atoms with E-state index in [0.29, 0.717) is 6.41 Å². The van der Waals surface area contributed by atoms with Crippen molar-refractivity contribution in [1.29, 1.82) is 0 Å². The molecular formula is C19H28BrN5O6. The second kappa shape index (κ2) is 12.3. The van der Waals surface area contributed by atoms with Gasteiger partial charge < -0.3 is 26.2 Å². The molecular weight excluding hydrogens is 474 g/mol. The van der Waals surface area contributed by atoms with Crippen LogP contribution in [0.4, 0.5) is 10.5 Å². The lowest BCUT2D eigenvalue weighted by Crippen LogP contribution is -2.56. The molecule has 172 valence electrons. The van der Waals surface area contributed by atoms with Crippen LogP contribution in [-0.2, 0) is 14.4 Å². The fourth-order valence-corrected chi connectivity index (χ4v) is 3.07. The maximum absolute atomic E-state index is 12.4. The fraction of sp³-hybridized carbons (Fsp3) is 0.474. The van der Waals surface area contributed by atoms with E-state index in [9.17, 15) is 19.2 Å². The van der Waals surface area contributed by atoms with Gasteiger partial charge in [-0.25, -0.2) is 10.2 Å². The third-order valence-electron chi connectivity index (χ3n) is 4.64. The highest BCUT2D eigenvalue weighted by Gasteiger charge is 2.54. The fourth-order valence-electron chi connectivity index (χ4n) is 2.81. The molecule has 1 atom stereocenters. The van der Waals surface area contributed by atoms with Gasteiger partial charge in [0.1, 0.15) is 5.54 Å². The number of hydrazine groups is 1. The molecule has 1 aromatic rings. The van der Waals surface area contributed by atoms with Crippen LogP contribution in [0.1, 0.15) is 20.3 Å². The summed E-state index contributed by atoms with van der Waals surface area (Å²) < 4.78 is 1.00. The number of anilines is 1. The number of carbonyl (C=O) groups excluding carboxylic acids is 4. The summed E-state index contributed by atoms with van der Waals surface area (Å²) in [4.78, 5) is 46.1. The third kappa shape index (κ3) is 6.99. The topological polar surface area (TPSA) is 160 Å². The predicted octanol–water partition coefficient (Wildman–Crippen LogP) is -0.0557. The minimum absolute atomic E-state index is 0.274. The number of aliphatic hydroxyl groups is 2. The summed E-state index contributed by atoms with van der Waals surface area (Å²) in [5, 5.41) is 26.2. The lowest BCUT2D eigenvalue weighted by molar-refractivity contribution is -0.138. The zero-order chi connectivity index (χ0) is 23.6. The molecule has 0 aliphatic carbocycles. The van der Waals surface area contributed by atoms with Crippen molar-refractivity contribution in [3.8, 4) is 0 Å². The summed E-state index contributed by atoms with van der Waals surface area (Å²) in [5.41, 5.74) is 1.93. The molecule has 1 aromatic carbocycles. The maximum Gasteiger partial charge on any atom is 0.339 e. The maximum atomic E-state index is 12.4. The van der Waals surface area contributed by atoms with E-state index in [0.717, 1.165) is 15.2 Å². The second-order valence-corrected chi connectivity index (χ2v) is 7.91. The Hall–Kier alpha value is -2.54. The number of hydrogen-bond acceptors (Lipinski definition) is 7. The van der Waals surface area contributed by atoms with Crippen molar-refractivity contribution in [3.05, 3.63) is 28.7 Å². The van der Waals surface area contributed by atoms with Crippen molar-refractivity contribution in [2.24, 2.45) is 5.92 Å². The number of hydrogen-bond donors (Lipinski definition) is 6. The van der Waals surface area contributed by atoms with Crippen LogP contribution in [0.3, 0.4) is 0 Å². The summed E-state index contributed by atoms with van der Waals surface area (Å²) in [7, 11) is 1.43. The van der Waals surface area contributed by atoms with Gasteiger partial charge in [-0.15, -0.1) is 0 Å². The van der Waals surface area contributed by atoms with E-state index in [1.54, 1.807) is 13.8 Å². The number of nitrogens with one attached hydrogen (secondary N) is 4. The first-order valence-electron chi connectivity index (χ1n) is 9.46. The summed E-state index contributed by atoms with van der Waals surface area (Å²) in [5.74, 6) is -1.40. The van der Waals surface area contributed by atoms with Gasteiger partial charge in [-0.05, 0) is 30.2 Å². The first-order chi connectivity index (χ1) is 14.6. The number of halogens is 1. The van der Waals surface area contributed by atoms with Gasteiger partial charge in [-0.2, -0.15) is 5.01 Å². The van der Waals surface area contributed by atoms with Crippen LogP contribution in [0.25, 0.3) is 0 Å².